The predicted octanol–water partition coefficient (Wildman–Crippen LogP) is 4.80. The quantitative estimate of drug-likeness (QED) is 0.597. The molecule has 8 heteroatoms. The Morgan fingerprint density at radius 2 is 2.00 bits per heavy atom. The van der Waals surface area contributed by atoms with Gasteiger partial charge in [0.15, 0.2) is 0 Å². The van der Waals surface area contributed by atoms with Gasteiger partial charge in [0.2, 0.25) is 0 Å². The van der Waals surface area contributed by atoms with Gasteiger partial charge in [0.25, 0.3) is 5.79 Å². The molecule has 2 aromatic rings. The highest BCUT2D eigenvalue weighted by Crippen LogP contribution is 2.50. The molecule has 4 nitrogen and oxygen atoms in total. The Hall–Kier alpha value is -2.09. The van der Waals surface area contributed by atoms with E-state index in [-0.39, 0.29) is 35.5 Å². The molecule has 0 spiro atoms. The molecule has 1 atom stereocenters. The average Bonchev–Trinajstić information content (AvgIpc) is 3.22. The van der Waals surface area contributed by atoms with E-state index in [4.69, 9.17) is 9.47 Å². The number of fused-ring (bicyclic) bond motifs is 3. The van der Waals surface area contributed by atoms with Crippen LogP contribution in [-0.4, -0.2) is 17.6 Å². The van der Waals surface area contributed by atoms with Crippen LogP contribution in [0.4, 0.5) is 17.6 Å². The van der Waals surface area contributed by atoms with E-state index in [2.05, 4.69) is 4.98 Å². The maximum atomic E-state index is 14.4. The van der Waals surface area contributed by atoms with E-state index in [1.807, 2.05) is 0 Å². The van der Waals surface area contributed by atoms with Crippen LogP contribution in [0.5, 0.6) is 0 Å². The average molecular weight is 385 g/mol. The number of rotatable bonds is 2. The zero-order chi connectivity index (χ0) is 19.4. The molecule has 27 heavy (non-hydrogen) atoms. The summed E-state index contributed by atoms with van der Waals surface area (Å²) < 4.78 is 66.5. The summed E-state index contributed by atoms with van der Waals surface area (Å²) in [6.45, 7) is 1.33. The van der Waals surface area contributed by atoms with E-state index in [1.165, 1.54) is 6.92 Å². The number of H-pyrrole nitrogens is 1. The number of carbonyl (C=O) groups excluding carboxylic acids is 1. The number of hydrogen-bond donors (Lipinski definition) is 1. The summed E-state index contributed by atoms with van der Waals surface area (Å²) in [6, 6.07) is 1.56. The van der Waals surface area contributed by atoms with Crippen molar-refractivity contribution >= 4 is 16.9 Å². The van der Waals surface area contributed by atoms with Gasteiger partial charge in [0, 0.05) is 18.2 Å². The van der Waals surface area contributed by atoms with Gasteiger partial charge >= 0.3 is 12.1 Å². The largest absolute Gasteiger partial charge is 0.427 e. The Labute approximate surface area is 152 Å². The van der Waals surface area contributed by atoms with E-state index in [0.717, 1.165) is 37.8 Å². The van der Waals surface area contributed by atoms with Gasteiger partial charge in [-0.05, 0) is 37.0 Å². The molecule has 146 valence electrons. The first-order chi connectivity index (χ1) is 12.7. The molecule has 1 aromatic heterocycles. The molecule has 2 aliphatic rings. The third-order valence-corrected chi connectivity index (χ3v) is 5.52. The standard InChI is InChI=1S/C19H19F4NO3/c1-10(25)27-18(11-4-2-3-5-11)17-12(8-9-26-18)15-13(19(21,22)23)6-7-14(20)16(15)24-17/h6-7,11,24H,2-5,8-9H2,1H3. The van der Waals surface area contributed by atoms with Gasteiger partial charge in [-0.1, -0.05) is 12.8 Å². The topological polar surface area (TPSA) is 51.3 Å². The summed E-state index contributed by atoms with van der Waals surface area (Å²) in [5, 5.41) is -0.199. The fourth-order valence-corrected chi connectivity index (χ4v) is 4.50. The van der Waals surface area contributed by atoms with Crippen molar-refractivity contribution in [3.63, 3.8) is 0 Å². The van der Waals surface area contributed by atoms with Crippen LogP contribution in [0.3, 0.4) is 0 Å². The molecule has 2 heterocycles. The lowest BCUT2D eigenvalue weighted by molar-refractivity contribution is -0.269. The lowest BCUT2D eigenvalue weighted by Gasteiger charge is -2.40. The molecule has 0 bridgehead atoms. The number of ether oxygens (including phenoxy) is 2. The fourth-order valence-electron chi connectivity index (χ4n) is 4.50. The van der Waals surface area contributed by atoms with Crippen molar-refractivity contribution in [2.24, 2.45) is 5.92 Å². The second-order valence-corrected chi connectivity index (χ2v) is 7.16. The number of alkyl halides is 3. The molecule has 1 aliphatic carbocycles. The van der Waals surface area contributed by atoms with Gasteiger partial charge in [-0.3, -0.25) is 4.79 Å². The smallest absolute Gasteiger partial charge is 0.417 e. The van der Waals surface area contributed by atoms with Gasteiger partial charge in [0.05, 0.1) is 23.4 Å². The first-order valence-electron chi connectivity index (χ1n) is 8.98. The van der Waals surface area contributed by atoms with Crippen molar-refractivity contribution in [2.75, 3.05) is 6.61 Å². The van der Waals surface area contributed by atoms with Crippen molar-refractivity contribution < 1.29 is 31.8 Å². The molecule has 0 saturated heterocycles. The minimum Gasteiger partial charge on any atom is -0.427 e. The molecule has 1 unspecified atom stereocenters. The number of aromatic nitrogens is 1. The first kappa shape index (κ1) is 18.3. The Balaban J connectivity index is 2.01. The maximum Gasteiger partial charge on any atom is 0.417 e. The summed E-state index contributed by atoms with van der Waals surface area (Å²) in [6.07, 6.45) is -1.19. The second kappa shape index (κ2) is 6.22. The highest BCUT2D eigenvalue weighted by molar-refractivity contribution is 5.89. The Kier molecular flexibility index (Phi) is 4.21. The molecule has 1 aromatic carbocycles. The molecule has 1 saturated carbocycles. The van der Waals surface area contributed by atoms with Crippen LogP contribution in [0.1, 0.15) is 49.4 Å². The zero-order valence-electron chi connectivity index (χ0n) is 14.7. The summed E-state index contributed by atoms with van der Waals surface area (Å²) >= 11 is 0. The number of halogens is 4. The number of aromatic amines is 1. The monoisotopic (exact) mass is 385 g/mol. The highest BCUT2D eigenvalue weighted by Gasteiger charge is 2.51. The van der Waals surface area contributed by atoms with Gasteiger partial charge in [-0.15, -0.1) is 0 Å². The predicted molar refractivity (Wildman–Crippen MR) is 88.3 cm³/mol. The van der Waals surface area contributed by atoms with Crippen molar-refractivity contribution in [3.05, 3.63) is 34.8 Å². The Bertz CT molecular complexity index is 898. The molecular formula is C19H19F4NO3. The van der Waals surface area contributed by atoms with E-state index < -0.39 is 29.3 Å². The van der Waals surface area contributed by atoms with Crippen LogP contribution in [-0.2, 0) is 32.7 Å². The third kappa shape index (κ3) is 2.81. The SMILES string of the molecule is CC(=O)OC1(C2CCCC2)OCCc2c1[nH]c1c(F)ccc(C(F)(F)F)c21. The normalized spacial score (nSPS) is 23.6. The molecule has 0 radical (unpaired) electrons. The molecule has 0 amide bonds. The fraction of sp³-hybridized carbons (Fsp3) is 0.526. The van der Waals surface area contributed by atoms with Gasteiger partial charge < -0.3 is 14.5 Å². The van der Waals surface area contributed by atoms with Crippen LogP contribution >= 0.6 is 0 Å². The first-order valence-corrected chi connectivity index (χ1v) is 8.98. The summed E-state index contributed by atoms with van der Waals surface area (Å²) in [5.74, 6) is -3.06. The number of nitrogens with one attached hydrogen (secondary N) is 1. The molecule has 4 rings (SSSR count). The summed E-state index contributed by atoms with van der Waals surface area (Å²) in [4.78, 5) is 14.6. The van der Waals surface area contributed by atoms with Gasteiger partial charge in [0.1, 0.15) is 5.82 Å². The lowest BCUT2D eigenvalue weighted by Crippen LogP contribution is -2.45. The van der Waals surface area contributed by atoms with E-state index >= 15 is 0 Å². The van der Waals surface area contributed by atoms with Crippen molar-refractivity contribution in [1.82, 2.24) is 4.98 Å². The third-order valence-electron chi connectivity index (χ3n) is 5.52. The molecule has 1 fully saturated rings. The summed E-state index contributed by atoms with van der Waals surface area (Å²) in [7, 11) is 0. The minimum atomic E-state index is -4.63. The van der Waals surface area contributed by atoms with Crippen LogP contribution in [0, 0.1) is 11.7 Å². The minimum absolute atomic E-state index is 0.0948. The lowest BCUT2D eigenvalue weighted by atomic mass is 9.87. The number of esters is 1. The van der Waals surface area contributed by atoms with E-state index in [1.54, 1.807) is 0 Å². The van der Waals surface area contributed by atoms with Crippen LogP contribution in [0.25, 0.3) is 10.9 Å². The Morgan fingerprint density at radius 3 is 2.63 bits per heavy atom. The van der Waals surface area contributed by atoms with E-state index in [0.29, 0.717) is 5.56 Å². The van der Waals surface area contributed by atoms with Crippen molar-refractivity contribution in [2.45, 2.75) is 51.0 Å². The van der Waals surface area contributed by atoms with Crippen molar-refractivity contribution in [3.8, 4) is 0 Å². The molecular weight excluding hydrogens is 366 g/mol. The summed E-state index contributed by atoms with van der Waals surface area (Å²) in [5.41, 5.74) is -0.575. The number of benzene rings is 1. The van der Waals surface area contributed by atoms with Gasteiger partial charge in [-0.25, -0.2) is 4.39 Å². The molecule has 1 N–H and O–H groups in total. The highest BCUT2D eigenvalue weighted by atomic mass is 19.4. The maximum absolute atomic E-state index is 14.4. The molecule has 1 aliphatic heterocycles. The Morgan fingerprint density at radius 1 is 1.30 bits per heavy atom. The van der Waals surface area contributed by atoms with Crippen LogP contribution < -0.4 is 0 Å². The number of carbonyl (C=O) groups is 1. The second-order valence-electron chi connectivity index (χ2n) is 7.16. The van der Waals surface area contributed by atoms with Crippen LogP contribution in [0.2, 0.25) is 0 Å². The van der Waals surface area contributed by atoms with Crippen molar-refractivity contribution in [1.29, 1.82) is 0 Å². The van der Waals surface area contributed by atoms with Gasteiger partial charge in [-0.2, -0.15) is 13.2 Å². The zero-order valence-corrected chi connectivity index (χ0v) is 14.7. The van der Waals surface area contributed by atoms with Crippen LogP contribution in [0.15, 0.2) is 12.1 Å². The van der Waals surface area contributed by atoms with E-state index in [9.17, 15) is 22.4 Å². The number of hydrogen-bond acceptors (Lipinski definition) is 3.